The van der Waals surface area contributed by atoms with Gasteiger partial charge < -0.3 is 4.90 Å². The Balaban J connectivity index is 1.10. The molecular weight excluding hydrogens is 711 g/mol. The Morgan fingerprint density at radius 3 is 1.29 bits per heavy atom. The largest absolute Gasteiger partial charge is 0.310 e. The van der Waals surface area contributed by atoms with Gasteiger partial charge in [0, 0.05) is 22.4 Å². The van der Waals surface area contributed by atoms with E-state index in [1.807, 2.05) is 0 Å². The van der Waals surface area contributed by atoms with Crippen LogP contribution in [0.5, 0.6) is 0 Å². The van der Waals surface area contributed by atoms with Crippen molar-refractivity contribution in [3.63, 3.8) is 0 Å². The maximum Gasteiger partial charge on any atom is 0.0683 e. The van der Waals surface area contributed by atoms with Gasteiger partial charge in [-0.3, -0.25) is 0 Å². The zero-order chi connectivity index (χ0) is 39.6. The number of nitrogens with zero attached hydrogens (tertiary/aromatic N) is 1. The maximum atomic E-state index is 2.49. The number of rotatable bonds is 6. The molecule has 1 heteroatoms. The summed E-state index contributed by atoms with van der Waals surface area (Å²) in [5, 5.41) is 0. The zero-order valence-corrected chi connectivity index (χ0v) is 33.6. The highest BCUT2D eigenvalue weighted by Crippen LogP contribution is 2.64. The lowest BCUT2D eigenvalue weighted by molar-refractivity contribution is 0.550. The first-order chi connectivity index (χ1) is 29.0. The number of hydrogen-bond donors (Lipinski definition) is 0. The Kier molecular flexibility index (Phi) is 8.27. The Morgan fingerprint density at radius 2 is 0.797 bits per heavy atom. The van der Waals surface area contributed by atoms with Gasteiger partial charge in [-0.15, -0.1) is 0 Å². The van der Waals surface area contributed by atoms with Crippen LogP contribution < -0.4 is 4.90 Å². The molecule has 1 nitrogen and oxygen atoms in total. The monoisotopic (exact) mass is 755 g/mol. The summed E-state index contributed by atoms with van der Waals surface area (Å²) in [7, 11) is 0. The van der Waals surface area contributed by atoms with E-state index in [1.165, 1.54) is 83.6 Å². The molecule has 3 aliphatic carbocycles. The standard InChI is InChI=1S/C58H45N/c1-57(2)50-22-11-13-24-52(50)58(53-25-14-12-23-51(53)57)49-21-10-9-20-48(49)56-54(58)26-15-27-55(56)59(46-36-32-44(33-37-46)41-18-7-4-8-19-41)47-38-34-45(35-39-47)43-30-28-42(29-31-43)40-16-5-3-6-17-40/h3-9,11-20,22-39H,10,21H2,1-2H3. The molecule has 0 amide bonds. The van der Waals surface area contributed by atoms with Crippen molar-refractivity contribution >= 4 is 22.6 Å². The van der Waals surface area contributed by atoms with E-state index in [-0.39, 0.29) is 10.8 Å². The molecule has 0 radical (unpaired) electrons. The molecule has 0 N–H and O–H groups in total. The predicted molar refractivity (Wildman–Crippen MR) is 248 cm³/mol. The van der Waals surface area contributed by atoms with Crippen molar-refractivity contribution in [3.8, 4) is 33.4 Å². The fourth-order valence-electron chi connectivity index (χ4n) is 10.5. The molecule has 0 bridgehead atoms. The van der Waals surface area contributed by atoms with Crippen LogP contribution in [0.2, 0.25) is 0 Å². The highest BCUT2D eigenvalue weighted by molar-refractivity contribution is 5.99. The van der Waals surface area contributed by atoms with Crippen LogP contribution >= 0.6 is 0 Å². The maximum absolute atomic E-state index is 2.49. The minimum absolute atomic E-state index is 0.125. The van der Waals surface area contributed by atoms with E-state index in [9.17, 15) is 0 Å². The Bertz CT molecular complexity index is 2860. The van der Waals surface area contributed by atoms with Gasteiger partial charge in [0.1, 0.15) is 0 Å². The molecule has 0 heterocycles. The van der Waals surface area contributed by atoms with Gasteiger partial charge >= 0.3 is 0 Å². The quantitative estimate of drug-likeness (QED) is 0.163. The minimum atomic E-state index is -0.382. The van der Waals surface area contributed by atoms with E-state index in [4.69, 9.17) is 0 Å². The van der Waals surface area contributed by atoms with Crippen LogP contribution in [0.15, 0.2) is 218 Å². The molecule has 0 unspecified atom stereocenters. The second kappa shape index (κ2) is 13.9. The minimum Gasteiger partial charge on any atom is -0.310 e. The van der Waals surface area contributed by atoms with Gasteiger partial charge in [-0.05, 0) is 116 Å². The molecular formula is C58H45N. The third-order valence-electron chi connectivity index (χ3n) is 13.3. The van der Waals surface area contributed by atoms with Crippen molar-refractivity contribution in [2.24, 2.45) is 0 Å². The summed E-state index contributed by atoms with van der Waals surface area (Å²) in [5.41, 5.74) is 21.5. The van der Waals surface area contributed by atoms with Gasteiger partial charge in [0.2, 0.25) is 0 Å². The molecule has 0 fully saturated rings. The van der Waals surface area contributed by atoms with E-state index < -0.39 is 0 Å². The third kappa shape index (κ3) is 5.45. The fourth-order valence-corrected chi connectivity index (χ4v) is 10.5. The summed E-state index contributed by atoms with van der Waals surface area (Å²) in [6.07, 6.45) is 6.88. The van der Waals surface area contributed by atoms with Gasteiger partial charge in [-0.2, -0.15) is 0 Å². The molecule has 0 aliphatic heterocycles. The average Bonchev–Trinajstić information content (AvgIpc) is 3.61. The van der Waals surface area contributed by atoms with E-state index in [1.54, 1.807) is 0 Å². The van der Waals surface area contributed by atoms with Crippen molar-refractivity contribution in [3.05, 3.63) is 251 Å². The Morgan fingerprint density at radius 1 is 0.390 bits per heavy atom. The highest BCUT2D eigenvalue weighted by Gasteiger charge is 2.54. The molecule has 0 saturated carbocycles. The molecule has 0 saturated heterocycles. The van der Waals surface area contributed by atoms with Gasteiger partial charge in [0.25, 0.3) is 0 Å². The molecule has 8 aromatic carbocycles. The van der Waals surface area contributed by atoms with Gasteiger partial charge in [-0.1, -0.05) is 196 Å². The number of anilines is 3. The zero-order valence-electron chi connectivity index (χ0n) is 33.6. The summed E-state index contributed by atoms with van der Waals surface area (Å²) in [6, 6.07) is 74.1. The van der Waals surface area contributed by atoms with Crippen molar-refractivity contribution in [2.75, 3.05) is 4.90 Å². The second-order valence-corrected chi connectivity index (χ2v) is 16.7. The van der Waals surface area contributed by atoms with Crippen LogP contribution in [-0.4, -0.2) is 0 Å². The molecule has 59 heavy (non-hydrogen) atoms. The Hall–Kier alpha value is -6.96. The van der Waals surface area contributed by atoms with E-state index in [2.05, 4.69) is 231 Å². The van der Waals surface area contributed by atoms with Crippen LogP contribution in [-0.2, 0) is 10.8 Å². The molecule has 0 atom stereocenters. The van der Waals surface area contributed by atoms with Crippen molar-refractivity contribution in [2.45, 2.75) is 37.5 Å². The SMILES string of the molecule is CC1(C)c2ccccc2C2(C3=C(C=CCC3)c3c(N(c4ccc(-c5ccccc5)cc4)c4ccc(-c5ccc(-c6ccccc6)cc5)cc4)cccc32)c2ccccc21. The van der Waals surface area contributed by atoms with E-state index in [0.717, 1.165) is 24.2 Å². The molecule has 3 aliphatic rings. The van der Waals surface area contributed by atoms with Crippen molar-refractivity contribution in [1.82, 2.24) is 0 Å². The molecule has 11 rings (SSSR count). The average molecular weight is 756 g/mol. The van der Waals surface area contributed by atoms with Crippen molar-refractivity contribution in [1.29, 1.82) is 0 Å². The summed E-state index contributed by atoms with van der Waals surface area (Å²) >= 11 is 0. The van der Waals surface area contributed by atoms with E-state index in [0.29, 0.717) is 0 Å². The van der Waals surface area contributed by atoms with Gasteiger partial charge in [-0.25, -0.2) is 0 Å². The number of allylic oxidation sites excluding steroid dienone is 4. The molecule has 0 aromatic heterocycles. The highest BCUT2D eigenvalue weighted by atomic mass is 15.1. The van der Waals surface area contributed by atoms with Crippen LogP contribution in [0.4, 0.5) is 17.1 Å². The molecule has 1 spiro atoms. The topological polar surface area (TPSA) is 3.24 Å². The third-order valence-corrected chi connectivity index (χ3v) is 13.3. The first kappa shape index (κ1) is 35.2. The summed E-state index contributed by atoms with van der Waals surface area (Å²) in [4.78, 5) is 2.49. The lowest BCUT2D eigenvalue weighted by Crippen LogP contribution is -2.41. The summed E-state index contributed by atoms with van der Waals surface area (Å²) in [6.45, 7) is 4.81. The van der Waals surface area contributed by atoms with Gasteiger partial charge in [0.05, 0.1) is 11.1 Å². The second-order valence-electron chi connectivity index (χ2n) is 16.7. The van der Waals surface area contributed by atoms with E-state index >= 15 is 0 Å². The first-order valence-corrected chi connectivity index (χ1v) is 21.0. The number of fused-ring (bicyclic) bond motifs is 8. The summed E-state index contributed by atoms with van der Waals surface area (Å²) in [5.74, 6) is 0. The first-order valence-electron chi connectivity index (χ1n) is 21.0. The van der Waals surface area contributed by atoms with Crippen LogP contribution in [0.3, 0.4) is 0 Å². The van der Waals surface area contributed by atoms with Crippen LogP contribution in [0.1, 0.15) is 60.1 Å². The number of benzene rings is 8. The van der Waals surface area contributed by atoms with Gasteiger partial charge in [0.15, 0.2) is 0 Å². The lowest BCUT2D eigenvalue weighted by atomic mass is 9.54. The number of hydrogen-bond acceptors (Lipinski definition) is 1. The van der Waals surface area contributed by atoms with Crippen molar-refractivity contribution < 1.29 is 0 Å². The lowest BCUT2D eigenvalue weighted by Gasteiger charge is -2.47. The van der Waals surface area contributed by atoms with Crippen LogP contribution in [0, 0.1) is 0 Å². The predicted octanol–water partition coefficient (Wildman–Crippen LogP) is 15.2. The normalized spacial score (nSPS) is 15.3. The molecule has 8 aromatic rings. The fraction of sp³-hybridized carbons (Fsp3) is 0.103. The Labute approximate surface area is 348 Å². The molecule has 282 valence electrons. The summed E-state index contributed by atoms with van der Waals surface area (Å²) < 4.78 is 0. The smallest absolute Gasteiger partial charge is 0.0683 e. The van der Waals surface area contributed by atoms with Crippen LogP contribution in [0.25, 0.3) is 39.0 Å².